The van der Waals surface area contributed by atoms with Gasteiger partial charge in [0.2, 0.25) is 0 Å². The van der Waals surface area contributed by atoms with Crippen LogP contribution in [0.25, 0.3) is 0 Å². The van der Waals surface area contributed by atoms with Crippen LogP contribution in [-0.4, -0.2) is 23.9 Å². The van der Waals surface area contributed by atoms with E-state index in [9.17, 15) is 5.11 Å². The Kier molecular flexibility index (Phi) is 2.77. The van der Waals surface area contributed by atoms with Crippen LogP contribution < -0.4 is 9.47 Å². The monoisotopic (exact) mass is 232 g/mol. The number of hydrogen-bond donors (Lipinski definition) is 1. The highest BCUT2D eigenvalue weighted by Crippen LogP contribution is 2.33. The highest BCUT2D eigenvalue weighted by atomic mass is 16.6. The summed E-state index contributed by atoms with van der Waals surface area (Å²) >= 11 is 0. The fourth-order valence-corrected chi connectivity index (χ4v) is 2.39. The number of fused-ring (bicyclic) bond motifs is 1. The van der Waals surface area contributed by atoms with E-state index >= 15 is 0 Å². The van der Waals surface area contributed by atoms with E-state index in [1.165, 1.54) is 0 Å². The SMILES string of the molecule is OC(C1=CCCC1)C1COc2ccccc2O1. The van der Waals surface area contributed by atoms with Crippen LogP contribution in [0.4, 0.5) is 0 Å². The molecular weight excluding hydrogens is 216 g/mol. The maximum Gasteiger partial charge on any atom is 0.162 e. The molecule has 0 saturated heterocycles. The number of aliphatic hydroxyl groups excluding tert-OH is 1. The molecule has 1 aliphatic heterocycles. The van der Waals surface area contributed by atoms with Gasteiger partial charge in [-0.05, 0) is 37.0 Å². The van der Waals surface area contributed by atoms with Gasteiger partial charge in [-0.3, -0.25) is 0 Å². The van der Waals surface area contributed by atoms with E-state index in [4.69, 9.17) is 9.47 Å². The molecule has 90 valence electrons. The van der Waals surface area contributed by atoms with Crippen LogP contribution in [0.3, 0.4) is 0 Å². The van der Waals surface area contributed by atoms with Crippen molar-refractivity contribution in [2.24, 2.45) is 0 Å². The minimum atomic E-state index is -0.536. The molecule has 0 amide bonds. The molecule has 1 aromatic rings. The Balaban J connectivity index is 1.75. The molecule has 2 aliphatic rings. The van der Waals surface area contributed by atoms with Crippen molar-refractivity contribution in [2.45, 2.75) is 31.5 Å². The predicted octanol–water partition coefficient (Wildman–Crippen LogP) is 2.30. The van der Waals surface area contributed by atoms with Crippen LogP contribution in [0.5, 0.6) is 11.5 Å². The van der Waals surface area contributed by atoms with Gasteiger partial charge in [-0.15, -0.1) is 0 Å². The lowest BCUT2D eigenvalue weighted by Crippen LogP contribution is -2.40. The molecule has 3 rings (SSSR count). The van der Waals surface area contributed by atoms with Crippen LogP contribution in [0.1, 0.15) is 19.3 Å². The maximum absolute atomic E-state index is 10.2. The second-order valence-corrected chi connectivity index (χ2v) is 4.53. The normalized spacial score (nSPS) is 24.3. The lowest BCUT2D eigenvalue weighted by atomic mass is 10.0. The molecule has 0 aromatic heterocycles. The number of benzene rings is 1. The Bertz CT molecular complexity index is 439. The number of para-hydroxylation sites is 2. The highest BCUT2D eigenvalue weighted by Gasteiger charge is 2.30. The molecule has 3 heteroatoms. The minimum Gasteiger partial charge on any atom is -0.486 e. The molecule has 0 saturated carbocycles. The maximum atomic E-state index is 10.2. The smallest absolute Gasteiger partial charge is 0.162 e. The third kappa shape index (κ3) is 2.03. The van der Waals surface area contributed by atoms with Gasteiger partial charge >= 0.3 is 0 Å². The van der Waals surface area contributed by atoms with Crippen LogP contribution in [-0.2, 0) is 0 Å². The third-order valence-corrected chi connectivity index (χ3v) is 3.34. The van der Waals surface area contributed by atoms with Gasteiger partial charge in [-0.1, -0.05) is 18.2 Å². The Morgan fingerprint density at radius 3 is 2.82 bits per heavy atom. The van der Waals surface area contributed by atoms with Crippen molar-refractivity contribution in [1.82, 2.24) is 0 Å². The van der Waals surface area contributed by atoms with Crippen molar-refractivity contribution in [1.29, 1.82) is 0 Å². The average Bonchev–Trinajstić information content (AvgIpc) is 2.91. The van der Waals surface area contributed by atoms with E-state index in [-0.39, 0.29) is 6.10 Å². The van der Waals surface area contributed by atoms with Gasteiger partial charge in [0.25, 0.3) is 0 Å². The molecule has 17 heavy (non-hydrogen) atoms. The van der Waals surface area contributed by atoms with Gasteiger partial charge < -0.3 is 14.6 Å². The first kappa shape index (κ1) is 10.7. The standard InChI is InChI=1S/C14H16O3/c15-14(10-5-1-2-6-10)13-9-16-11-7-3-4-8-12(11)17-13/h3-5,7-8,13-15H,1-2,6,9H2. The second-order valence-electron chi connectivity index (χ2n) is 4.53. The highest BCUT2D eigenvalue weighted by molar-refractivity contribution is 5.41. The van der Waals surface area contributed by atoms with Crippen molar-refractivity contribution in [3.05, 3.63) is 35.9 Å². The Morgan fingerprint density at radius 1 is 1.24 bits per heavy atom. The van der Waals surface area contributed by atoms with Crippen LogP contribution >= 0.6 is 0 Å². The first-order chi connectivity index (χ1) is 8.34. The number of allylic oxidation sites excluding steroid dienone is 1. The summed E-state index contributed by atoms with van der Waals surface area (Å²) in [7, 11) is 0. The van der Waals surface area contributed by atoms with E-state index in [2.05, 4.69) is 6.08 Å². The lowest BCUT2D eigenvalue weighted by Gasteiger charge is -2.30. The van der Waals surface area contributed by atoms with E-state index in [1.807, 2.05) is 24.3 Å². The van der Waals surface area contributed by atoms with Crippen LogP contribution in [0.2, 0.25) is 0 Å². The molecule has 3 nitrogen and oxygen atoms in total. The van der Waals surface area contributed by atoms with Gasteiger partial charge in [0.15, 0.2) is 17.6 Å². The van der Waals surface area contributed by atoms with Gasteiger partial charge in [-0.2, -0.15) is 0 Å². The Hall–Kier alpha value is -1.48. The summed E-state index contributed by atoms with van der Waals surface area (Å²) in [5.74, 6) is 1.48. The number of rotatable bonds is 2. The molecule has 0 bridgehead atoms. The Labute approximate surface area is 101 Å². The van der Waals surface area contributed by atoms with Crippen molar-refractivity contribution in [3.63, 3.8) is 0 Å². The third-order valence-electron chi connectivity index (χ3n) is 3.34. The first-order valence-electron chi connectivity index (χ1n) is 6.10. The fourth-order valence-electron chi connectivity index (χ4n) is 2.39. The van der Waals surface area contributed by atoms with Crippen molar-refractivity contribution in [3.8, 4) is 11.5 Å². The van der Waals surface area contributed by atoms with E-state index < -0.39 is 6.10 Å². The largest absolute Gasteiger partial charge is 0.486 e. The quantitative estimate of drug-likeness (QED) is 0.795. The molecule has 1 aromatic carbocycles. The summed E-state index contributed by atoms with van der Waals surface area (Å²) in [4.78, 5) is 0. The van der Waals surface area contributed by atoms with E-state index in [1.54, 1.807) is 0 Å². The zero-order valence-electron chi connectivity index (χ0n) is 9.63. The van der Waals surface area contributed by atoms with E-state index in [0.29, 0.717) is 6.61 Å². The summed E-state index contributed by atoms with van der Waals surface area (Å²) in [6.07, 6.45) is 4.48. The topological polar surface area (TPSA) is 38.7 Å². The summed E-state index contributed by atoms with van der Waals surface area (Å²) in [6.45, 7) is 0.412. The van der Waals surface area contributed by atoms with Crippen molar-refractivity contribution >= 4 is 0 Å². The van der Waals surface area contributed by atoms with Crippen LogP contribution in [0, 0.1) is 0 Å². The predicted molar refractivity (Wildman–Crippen MR) is 64.3 cm³/mol. The summed E-state index contributed by atoms with van der Waals surface area (Å²) in [5.41, 5.74) is 1.10. The zero-order chi connectivity index (χ0) is 11.7. The molecule has 1 heterocycles. The van der Waals surface area contributed by atoms with Gasteiger partial charge in [-0.25, -0.2) is 0 Å². The summed E-state index contributed by atoms with van der Waals surface area (Å²) < 4.78 is 11.4. The molecule has 0 radical (unpaired) electrons. The van der Waals surface area contributed by atoms with Gasteiger partial charge in [0.05, 0.1) is 0 Å². The average molecular weight is 232 g/mol. The molecular formula is C14H16O3. The fraction of sp³-hybridized carbons (Fsp3) is 0.429. The molecule has 2 unspecified atom stereocenters. The molecule has 1 aliphatic carbocycles. The molecule has 0 spiro atoms. The summed E-state index contributed by atoms with van der Waals surface area (Å²) in [5, 5.41) is 10.2. The number of hydrogen-bond acceptors (Lipinski definition) is 3. The minimum absolute atomic E-state index is 0.283. The summed E-state index contributed by atoms with van der Waals surface area (Å²) in [6, 6.07) is 7.58. The molecule has 1 N–H and O–H groups in total. The first-order valence-corrected chi connectivity index (χ1v) is 6.10. The zero-order valence-corrected chi connectivity index (χ0v) is 9.63. The lowest BCUT2D eigenvalue weighted by molar-refractivity contribution is 0.00631. The molecule has 2 atom stereocenters. The van der Waals surface area contributed by atoms with E-state index in [0.717, 1.165) is 36.3 Å². The Morgan fingerprint density at radius 2 is 2.06 bits per heavy atom. The number of aliphatic hydroxyl groups is 1. The van der Waals surface area contributed by atoms with Gasteiger partial charge in [0, 0.05) is 0 Å². The van der Waals surface area contributed by atoms with Crippen LogP contribution in [0.15, 0.2) is 35.9 Å². The molecule has 0 fully saturated rings. The van der Waals surface area contributed by atoms with Gasteiger partial charge in [0.1, 0.15) is 12.7 Å². The van der Waals surface area contributed by atoms with Crippen molar-refractivity contribution < 1.29 is 14.6 Å². The second kappa shape index (κ2) is 4.41. The van der Waals surface area contributed by atoms with Crippen molar-refractivity contribution in [2.75, 3.05) is 6.61 Å². The number of ether oxygens (including phenoxy) is 2.